The molecule has 3 heteroatoms. The molecule has 0 N–H and O–H groups in total. The van der Waals surface area contributed by atoms with Crippen LogP contribution < -0.4 is 20.7 Å². The van der Waals surface area contributed by atoms with E-state index in [0.29, 0.717) is 0 Å². The molecule has 0 bridgehead atoms. The summed E-state index contributed by atoms with van der Waals surface area (Å²) < 4.78 is 5.14. The summed E-state index contributed by atoms with van der Waals surface area (Å²) in [7, 11) is -2.97. The van der Waals surface area contributed by atoms with E-state index in [2.05, 4.69) is 205 Å². The van der Waals surface area contributed by atoms with E-state index < -0.39 is 8.07 Å². The van der Waals surface area contributed by atoms with Gasteiger partial charge in [-0.2, -0.15) is 0 Å². The molecular formula is C50H36N2Si. The molecule has 0 amide bonds. The molecule has 1 aliphatic heterocycles. The highest BCUT2D eigenvalue weighted by Gasteiger charge is 2.48. The van der Waals surface area contributed by atoms with Gasteiger partial charge in [-0.25, -0.2) is 0 Å². The predicted octanol–water partition coefficient (Wildman–Crippen LogP) is 9.86. The Bertz CT molecular complexity index is 3020. The summed E-state index contributed by atoms with van der Waals surface area (Å²) in [6.07, 6.45) is 0. The lowest BCUT2D eigenvalue weighted by Crippen LogP contribution is -2.76. The Morgan fingerprint density at radius 3 is 1.72 bits per heavy atom. The number of nitrogens with zero attached hydrogens (tertiary/aromatic N) is 2. The molecule has 1 aliphatic rings. The lowest BCUT2D eigenvalue weighted by atomic mass is 10.1. The van der Waals surface area contributed by atoms with Gasteiger partial charge in [-0.15, -0.1) is 0 Å². The quantitative estimate of drug-likeness (QED) is 0.163. The van der Waals surface area contributed by atoms with Crippen LogP contribution in [0.4, 0.5) is 0 Å². The van der Waals surface area contributed by atoms with Crippen molar-refractivity contribution in [2.75, 3.05) is 0 Å². The highest BCUT2D eigenvalue weighted by molar-refractivity contribution is 7.21. The van der Waals surface area contributed by atoms with Gasteiger partial charge >= 0.3 is 0 Å². The molecule has 10 aromatic rings. The average Bonchev–Trinajstić information content (AvgIpc) is 3.74. The van der Waals surface area contributed by atoms with Crippen molar-refractivity contribution in [2.24, 2.45) is 0 Å². The van der Waals surface area contributed by atoms with Crippen molar-refractivity contribution < 1.29 is 0 Å². The van der Waals surface area contributed by atoms with Crippen molar-refractivity contribution in [3.05, 3.63) is 193 Å². The third-order valence-electron chi connectivity index (χ3n) is 11.8. The van der Waals surface area contributed by atoms with Crippen molar-refractivity contribution >= 4 is 72.4 Å². The number of fused-ring (bicyclic) bond motifs is 8. The van der Waals surface area contributed by atoms with E-state index in [9.17, 15) is 0 Å². The molecule has 53 heavy (non-hydrogen) atoms. The molecular weight excluding hydrogens is 657 g/mol. The zero-order valence-electron chi connectivity index (χ0n) is 29.7. The number of hydrogen-bond donors (Lipinski definition) is 0. The van der Waals surface area contributed by atoms with Crippen LogP contribution in [0.3, 0.4) is 0 Å². The van der Waals surface area contributed by atoms with Gasteiger partial charge in [0.1, 0.15) is 0 Å². The Balaban J connectivity index is 1.38. The van der Waals surface area contributed by atoms with Crippen molar-refractivity contribution in [2.45, 2.75) is 13.8 Å². The molecule has 1 unspecified atom stereocenters. The van der Waals surface area contributed by atoms with Crippen molar-refractivity contribution in [1.82, 2.24) is 9.13 Å². The van der Waals surface area contributed by atoms with E-state index in [1.807, 2.05) is 0 Å². The largest absolute Gasteiger partial charge is 0.309 e. The summed E-state index contributed by atoms with van der Waals surface area (Å²) in [6, 6.07) is 68.5. The molecule has 0 fully saturated rings. The second-order valence-electron chi connectivity index (χ2n) is 14.6. The highest BCUT2D eigenvalue weighted by atomic mass is 28.3. The van der Waals surface area contributed by atoms with E-state index >= 15 is 0 Å². The van der Waals surface area contributed by atoms with Crippen LogP contribution >= 0.6 is 0 Å². The van der Waals surface area contributed by atoms with Gasteiger partial charge < -0.3 is 9.13 Å². The van der Waals surface area contributed by atoms with Gasteiger partial charge in [0.25, 0.3) is 0 Å². The van der Waals surface area contributed by atoms with Crippen molar-refractivity contribution in [3.63, 3.8) is 0 Å². The first kappa shape index (κ1) is 30.2. The number of benzene rings is 8. The minimum atomic E-state index is -2.97. The van der Waals surface area contributed by atoms with Crippen LogP contribution in [0, 0.1) is 13.8 Å². The molecule has 250 valence electrons. The molecule has 0 saturated carbocycles. The van der Waals surface area contributed by atoms with Gasteiger partial charge in [-0.1, -0.05) is 158 Å². The second kappa shape index (κ2) is 11.3. The third-order valence-corrected chi connectivity index (χ3v) is 16.6. The van der Waals surface area contributed by atoms with Gasteiger partial charge in [-0.3, -0.25) is 0 Å². The lowest BCUT2D eigenvalue weighted by molar-refractivity contribution is 1.16. The van der Waals surface area contributed by atoms with Gasteiger partial charge in [0.05, 0.1) is 22.1 Å². The number of rotatable bonds is 4. The van der Waals surface area contributed by atoms with Crippen LogP contribution in [0.1, 0.15) is 11.1 Å². The number of hydrogen-bond acceptors (Lipinski definition) is 0. The maximum Gasteiger partial charge on any atom is 0.184 e. The Morgan fingerprint density at radius 2 is 0.962 bits per heavy atom. The summed E-state index contributed by atoms with van der Waals surface area (Å²) in [6.45, 7) is 4.52. The molecule has 2 aromatic heterocycles. The Kier molecular flexibility index (Phi) is 6.44. The second-order valence-corrected chi connectivity index (χ2v) is 18.3. The lowest BCUT2D eigenvalue weighted by Gasteiger charge is -2.40. The topological polar surface area (TPSA) is 9.86 Å². The molecule has 1 atom stereocenters. The van der Waals surface area contributed by atoms with Crippen LogP contribution in [0.5, 0.6) is 0 Å². The van der Waals surface area contributed by atoms with Gasteiger partial charge in [0, 0.05) is 32.9 Å². The normalized spacial score (nSPS) is 15.1. The smallest absolute Gasteiger partial charge is 0.184 e. The summed E-state index contributed by atoms with van der Waals surface area (Å²) in [4.78, 5) is 0. The van der Waals surface area contributed by atoms with Crippen LogP contribution in [0.15, 0.2) is 182 Å². The van der Waals surface area contributed by atoms with E-state index in [-0.39, 0.29) is 0 Å². The molecule has 8 aromatic carbocycles. The van der Waals surface area contributed by atoms with E-state index in [0.717, 1.165) is 0 Å². The third kappa shape index (κ3) is 4.08. The standard InChI is InChI=1S/C50H36N2Si/c1-33-16-13-25-41-42-26-14-17-34(2)49(42)51(48(33)41)37-31-43-40-24-9-10-27-44(40)52-45-28-11-12-29-46(45)53(47(32-37)50(43)52,38-21-7-4-8-22-38)39-23-15-20-36(30-39)35-18-5-3-6-19-35/h3-32H,1-2H3. The summed E-state index contributed by atoms with van der Waals surface area (Å²) >= 11 is 0. The zero-order valence-corrected chi connectivity index (χ0v) is 30.7. The highest BCUT2D eigenvalue weighted by Crippen LogP contribution is 2.40. The fourth-order valence-electron chi connectivity index (χ4n) is 9.63. The molecule has 11 rings (SSSR count). The first-order valence-corrected chi connectivity index (χ1v) is 20.5. The van der Waals surface area contributed by atoms with Crippen molar-refractivity contribution in [1.29, 1.82) is 0 Å². The molecule has 0 saturated heterocycles. The Hall–Kier alpha value is -6.42. The first-order valence-electron chi connectivity index (χ1n) is 18.5. The average molecular weight is 693 g/mol. The van der Waals surface area contributed by atoms with Crippen LogP contribution in [-0.2, 0) is 0 Å². The van der Waals surface area contributed by atoms with Crippen molar-refractivity contribution in [3.8, 4) is 22.5 Å². The zero-order chi connectivity index (χ0) is 35.3. The van der Waals surface area contributed by atoms with E-state index in [1.54, 1.807) is 0 Å². The Morgan fingerprint density at radius 1 is 0.377 bits per heavy atom. The molecule has 0 aliphatic carbocycles. The van der Waals surface area contributed by atoms with Crippen LogP contribution in [-0.4, -0.2) is 17.2 Å². The molecule has 3 heterocycles. The molecule has 0 radical (unpaired) electrons. The van der Waals surface area contributed by atoms with Crippen LogP contribution in [0.25, 0.3) is 66.1 Å². The maximum absolute atomic E-state index is 2.97. The summed E-state index contributed by atoms with van der Waals surface area (Å²) in [5.41, 5.74) is 12.7. The fraction of sp³-hybridized carbons (Fsp3) is 0.0400. The number of para-hydroxylation sites is 4. The summed E-state index contributed by atoms with van der Waals surface area (Å²) in [5, 5.41) is 10.8. The minimum absolute atomic E-state index is 1.21. The van der Waals surface area contributed by atoms with Crippen LogP contribution in [0.2, 0.25) is 0 Å². The minimum Gasteiger partial charge on any atom is -0.309 e. The summed E-state index contributed by atoms with van der Waals surface area (Å²) in [5.74, 6) is 0. The van der Waals surface area contributed by atoms with Gasteiger partial charge in [-0.05, 0) is 81.1 Å². The van der Waals surface area contributed by atoms with Gasteiger partial charge in [0.2, 0.25) is 0 Å². The SMILES string of the molecule is Cc1cccc2c3cccc(C)c3n(-c3cc4c5c(c3)c3ccccc3n5-c3ccccc3[Si]4(c3ccccc3)c3cccc(-c4ccccc4)c3)c12. The maximum atomic E-state index is 2.58. The first-order chi connectivity index (χ1) is 26.1. The van der Waals surface area contributed by atoms with Gasteiger partial charge in [0.15, 0.2) is 8.07 Å². The molecule has 0 spiro atoms. The molecule has 2 nitrogen and oxygen atoms in total. The Labute approximate surface area is 309 Å². The predicted molar refractivity (Wildman–Crippen MR) is 227 cm³/mol. The number of aromatic nitrogens is 2. The fourth-order valence-corrected chi connectivity index (χ4v) is 14.8. The van der Waals surface area contributed by atoms with E-state index in [1.165, 1.54) is 98.0 Å². The number of aryl methyl sites for hydroxylation is 2. The monoisotopic (exact) mass is 692 g/mol. The van der Waals surface area contributed by atoms with E-state index in [4.69, 9.17) is 0 Å².